The Kier molecular flexibility index (Phi) is 67.9. The first kappa shape index (κ1) is 84.8. The highest BCUT2D eigenvalue weighted by Crippen LogP contribution is 2.43. The van der Waals surface area contributed by atoms with Gasteiger partial charge in [-0.1, -0.05) is 283 Å². The van der Waals surface area contributed by atoms with Gasteiger partial charge in [0, 0.05) is 19.4 Å². The maximum Gasteiger partial charge on any atom is 0.472 e. The lowest BCUT2D eigenvalue weighted by Gasteiger charge is -2.19. The van der Waals surface area contributed by atoms with Crippen LogP contribution in [0.3, 0.4) is 0 Å². The first-order valence-electron chi connectivity index (χ1n) is 34.5. The molecule has 0 saturated heterocycles. The predicted octanol–water partition coefficient (Wildman–Crippen LogP) is 23.2. The summed E-state index contributed by atoms with van der Waals surface area (Å²) in [4.78, 5) is 35.3. The molecule has 0 aromatic rings. The van der Waals surface area contributed by atoms with Crippen LogP contribution in [0.2, 0.25) is 0 Å². The second kappa shape index (κ2) is 72.9. The second-order valence-corrected chi connectivity index (χ2v) is 23.0. The smallest absolute Gasteiger partial charge is 0.462 e. The van der Waals surface area contributed by atoms with E-state index in [9.17, 15) is 19.0 Å². The van der Waals surface area contributed by atoms with E-state index in [1.165, 1.54) is 0 Å². The molecule has 0 aromatic heterocycles. The monoisotopic (exact) mass is 1270 g/mol. The third kappa shape index (κ3) is 72.7. The Bertz CT molecular complexity index is 2390. The van der Waals surface area contributed by atoms with Gasteiger partial charge in [0.15, 0.2) is 6.10 Å². The fraction of sp³-hybridized carbons (Fsp3) is 0.481. The van der Waals surface area contributed by atoms with Crippen molar-refractivity contribution in [3.05, 3.63) is 243 Å². The van der Waals surface area contributed by atoms with Crippen molar-refractivity contribution >= 4 is 19.8 Å². The summed E-state index contributed by atoms with van der Waals surface area (Å²) < 4.78 is 33.1. The van der Waals surface area contributed by atoms with Crippen molar-refractivity contribution in [1.29, 1.82) is 0 Å². The third-order valence-electron chi connectivity index (χ3n) is 13.2. The zero-order valence-corrected chi connectivity index (χ0v) is 57.4. The lowest BCUT2D eigenvalue weighted by molar-refractivity contribution is -0.161. The number of rotatable bonds is 61. The molecule has 0 saturated carbocycles. The summed E-state index contributed by atoms with van der Waals surface area (Å²) in [5.41, 5.74) is 5.39. The normalized spacial score (nSPS) is 14.5. The van der Waals surface area contributed by atoms with Crippen molar-refractivity contribution in [2.75, 3.05) is 26.4 Å². The number of unbranched alkanes of at least 4 members (excludes halogenated alkanes) is 8. The van der Waals surface area contributed by atoms with Crippen molar-refractivity contribution in [2.24, 2.45) is 5.73 Å². The first-order valence-corrected chi connectivity index (χ1v) is 36.0. The molecule has 0 bridgehead atoms. The number of phosphoric ester groups is 1. The van der Waals surface area contributed by atoms with Gasteiger partial charge in [0.1, 0.15) is 6.61 Å². The Hall–Kier alpha value is -6.19. The minimum atomic E-state index is -4.43. The molecule has 9 nitrogen and oxygen atoms in total. The van der Waals surface area contributed by atoms with E-state index in [4.69, 9.17) is 24.3 Å². The van der Waals surface area contributed by atoms with Crippen molar-refractivity contribution < 1.29 is 37.6 Å². The van der Waals surface area contributed by atoms with E-state index in [2.05, 4.69) is 257 Å². The molecule has 3 N–H and O–H groups in total. The Balaban J connectivity index is 4.13. The van der Waals surface area contributed by atoms with Crippen molar-refractivity contribution in [2.45, 2.75) is 225 Å². The van der Waals surface area contributed by atoms with E-state index in [0.29, 0.717) is 12.8 Å². The number of hydrogen-bond acceptors (Lipinski definition) is 8. The van der Waals surface area contributed by atoms with E-state index in [0.717, 1.165) is 180 Å². The molecule has 2 unspecified atom stereocenters. The molecule has 0 rings (SSSR count). The van der Waals surface area contributed by atoms with Crippen LogP contribution in [0.4, 0.5) is 0 Å². The molecule has 10 heteroatoms. The molecule has 0 aromatic carbocycles. The van der Waals surface area contributed by atoms with Crippen molar-refractivity contribution in [3.63, 3.8) is 0 Å². The maximum absolute atomic E-state index is 12.8. The van der Waals surface area contributed by atoms with Gasteiger partial charge in [-0.2, -0.15) is 0 Å². The molecule has 0 fully saturated rings. The molecule has 0 aliphatic rings. The van der Waals surface area contributed by atoms with Crippen LogP contribution in [-0.2, 0) is 32.7 Å². The summed E-state index contributed by atoms with van der Waals surface area (Å²) >= 11 is 0. The second-order valence-electron chi connectivity index (χ2n) is 21.6. The molecule has 91 heavy (non-hydrogen) atoms. The summed E-state index contributed by atoms with van der Waals surface area (Å²) in [5.74, 6) is -0.911. The average molecular weight is 1270 g/mol. The van der Waals surface area contributed by atoms with Crippen LogP contribution in [0.5, 0.6) is 0 Å². The lowest BCUT2D eigenvalue weighted by Crippen LogP contribution is -2.29. The summed E-state index contributed by atoms with van der Waals surface area (Å²) in [6.45, 7) is 3.41. The zero-order valence-electron chi connectivity index (χ0n) is 56.5. The van der Waals surface area contributed by atoms with Gasteiger partial charge in [-0.3, -0.25) is 18.6 Å². The van der Waals surface area contributed by atoms with E-state index in [1.807, 2.05) is 0 Å². The number of ether oxygens (including phenoxy) is 2. The van der Waals surface area contributed by atoms with E-state index in [1.54, 1.807) is 0 Å². The number of esters is 2. The van der Waals surface area contributed by atoms with Gasteiger partial charge < -0.3 is 20.1 Å². The molecule has 2 atom stereocenters. The summed E-state index contributed by atoms with van der Waals surface area (Å²) in [5, 5.41) is 0. The zero-order chi connectivity index (χ0) is 65.8. The molecule has 0 radical (unpaired) electrons. The number of phosphoric acid groups is 1. The van der Waals surface area contributed by atoms with Crippen LogP contribution in [-0.4, -0.2) is 49.3 Å². The molecular formula is C81H122NO8P. The van der Waals surface area contributed by atoms with Gasteiger partial charge in [-0.25, -0.2) is 4.57 Å². The van der Waals surface area contributed by atoms with Gasteiger partial charge in [0.25, 0.3) is 0 Å². The van der Waals surface area contributed by atoms with Crippen LogP contribution in [0.25, 0.3) is 0 Å². The van der Waals surface area contributed by atoms with Gasteiger partial charge in [0.2, 0.25) is 0 Å². The number of carbonyl (C=O) groups is 2. The molecule has 504 valence electrons. The van der Waals surface area contributed by atoms with Gasteiger partial charge in [-0.15, -0.1) is 0 Å². The van der Waals surface area contributed by atoms with Gasteiger partial charge in [0.05, 0.1) is 13.2 Å². The van der Waals surface area contributed by atoms with E-state index < -0.39 is 32.5 Å². The molecule has 0 aliphatic carbocycles. The first-order chi connectivity index (χ1) is 44.8. The lowest BCUT2D eigenvalue weighted by atomic mass is 10.1. The number of hydrogen-bond donors (Lipinski definition) is 2. The Labute approximate surface area is 555 Å². The van der Waals surface area contributed by atoms with Gasteiger partial charge >= 0.3 is 19.8 Å². The predicted molar refractivity (Wildman–Crippen MR) is 394 cm³/mol. The van der Waals surface area contributed by atoms with Gasteiger partial charge in [-0.05, 0) is 167 Å². The summed E-state index contributed by atoms with van der Waals surface area (Å²) in [6, 6.07) is 0. The number of allylic oxidation sites excluding steroid dienone is 40. The number of carbonyl (C=O) groups excluding carboxylic acids is 2. The Morgan fingerprint density at radius 3 is 0.857 bits per heavy atom. The Morgan fingerprint density at radius 2 is 0.571 bits per heavy atom. The van der Waals surface area contributed by atoms with Crippen LogP contribution in [0, 0.1) is 0 Å². The summed E-state index contributed by atoms with van der Waals surface area (Å²) in [7, 11) is -4.43. The van der Waals surface area contributed by atoms with Crippen LogP contribution < -0.4 is 5.73 Å². The largest absolute Gasteiger partial charge is 0.472 e. The SMILES string of the molecule is CC/C=C\C/C=C\C/C=C\C/C=C\C/C=C\C/C=C\C/C=C\C/C=C\C/C=C\C/C=C\C/C=C\CCCCCCCC(=O)OC(COC(=O)CCCCC/C=C\C/C=C\C/C=C\C/C=C\C/C=C\C/C=C\C/C=C\C/C=C\C/C=C\CC)COP(=O)(O)OCCN. The molecule has 0 aliphatic heterocycles. The standard InChI is InChI=1S/C81H122NO8P/c1-3-5-7-9-11-13-15-17-19-21-23-25-27-29-31-33-35-36-37-38-39-40-41-42-44-46-48-50-52-54-56-58-60-62-64-66-68-70-72-74-81(84)90-79(78-89-91(85,86)88-76-75-82)77-87-80(83)73-71-69-67-65-63-61-59-57-55-53-51-49-47-45-43-34-32-30-28-26-24-22-20-18-16-14-12-10-8-6-4-2/h5-8,11-14,17-20,23-26,29-32,35-36,38-39,41-43,45-46,48-49,51-52,54-55,57-58,60-61,63,79H,3-4,9-10,15-16,21-22,27-28,33-34,37,40,44,47,50,53,56,59,62,64-78,82H2,1-2H3,(H,85,86)/b7-5-,8-6-,13-11-,14-12-,19-17-,20-18-,25-23-,26-24-,31-29-,32-30-,36-35-,39-38-,42-41-,45-43-,48-46-,51-49-,54-52-,57-55-,60-58-,63-61-. The van der Waals surface area contributed by atoms with Crippen LogP contribution in [0.1, 0.15) is 219 Å². The highest BCUT2D eigenvalue weighted by Gasteiger charge is 2.26. The van der Waals surface area contributed by atoms with Crippen molar-refractivity contribution in [3.8, 4) is 0 Å². The fourth-order valence-corrected chi connectivity index (χ4v) is 8.98. The van der Waals surface area contributed by atoms with Crippen LogP contribution in [0.15, 0.2) is 243 Å². The van der Waals surface area contributed by atoms with E-state index >= 15 is 0 Å². The van der Waals surface area contributed by atoms with Crippen molar-refractivity contribution in [1.82, 2.24) is 0 Å². The highest BCUT2D eigenvalue weighted by atomic mass is 31.2. The quantitative estimate of drug-likeness (QED) is 0.0264. The molecular weight excluding hydrogens is 1150 g/mol. The molecule has 0 heterocycles. The minimum absolute atomic E-state index is 0.0308. The Morgan fingerprint density at radius 1 is 0.330 bits per heavy atom. The average Bonchev–Trinajstić information content (AvgIpc) is 3.71. The van der Waals surface area contributed by atoms with Crippen LogP contribution >= 0.6 is 7.82 Å². The fourth-order valence-electron chi connectivity index (χ4n) is 8.22. The topological polar surface area (TPSA) is 134 Å². The summed E-state index contributed by atoms with van der Waals surface area (Å²) in [6.07, 6.45) is 117. The molecule has 0 spiro atoms. The van der Waals surface area contributed by atoms with E-state index in [-0.39, 0.29) is 32.6 Å². The highest BCUT2D eigenvalue weighted by molar-refractivity contribution is 7.47. The maximum atomic E-state index is 12.8. The molecule has 0 amide bonds. The third-order valence-corrected chi connectivity index (χ3v) is 14.2. The minimum Gasteiger partial charge on any atom is -0.462 e. The number of nitrogens with two attached hydrogens (primary N) is 1.